The molecular formula is C19H19NO4Se. The molecule has 0 aromatic heterocycles. The average Bonchev–Trinajstić information content (AvgIpc) is 2.93. The van der Waals surface area contributed by atoms with Gasteiger partial charge in [0.2, 0.25) is 0 Å². The number of ether oxygens (including phenoxy) is 1. The van der Waals surface area contributed by atoms with Crippen molar-refractivity contribution in [1.29, 1.82) is 0 Å². The second-order valence-electron chi connectivity index (χ2n) is 5.82. The zero-order valence-electron chi connectivity index (χ0n) is 13.8. The summed E-state index contributed by atoms with van der Waals surface area (Å²) >= 11 is 0.152. The molecule has 0 aliphatic heterocycles. The molecule has 0 unspecified atom stereocenters. The van der Waals surface area contributed by atoms with E-state index in [1.54, 1.807) is 0 Å². The summed E-state index contributed by atoms with van der Waals surface area (Å²) in [7, 11) is 0. The number of carboxylic acid groups (broad SMARTS) is 1. The van der Waals surface area contributed by atoms with Gasteiger partial charge in [0.15, 0.2) is 0 Å². The number of benzene rings is 2. The molecule has 0 radical (unpaired) electrons. The van der Waals surface area contributed by atoms with Crippen LogP contribution in [0.2, 0.25) is 11.1 Å². The molecule has 2 aromatic carbocycles. The van der Waals surface area contributed by atoms with E-state index >= 15 is 0 Å². The molecule has 0 saturated carbocycles. The van der Waals surface area contributed by atoms with E-state index in [4.69, 9.17) is 9.84 Å². The van der Waals surface area contributed by atoms with E-state index in [1.807, 2.05) is 42.2 Å². The van der Waals surface area contributed by atoms with E-state index < -0.39 is 18.1 Å². The Hall–Kier alpha value is -2.30. The normalized spacial score (nSPS) is 13.6. The van der Waals surface area contributed by atoms with Gasteiger partial charge in [0.25, 0.3) is 0 Å². The van der Waals surface area contributed by atoms with Crippen molar-refractivity contribution >= 4 is 27.0 Å². The van der Waals surface area contributed by atoms with E-state index in [9.17, 15) is 9.59 Å². The van der Waals surface area contributed by atoms with Crippen LogP contribution in [0, 0.1) is 0 Å². The number of carbonyl (C=O) groups is 2. The quantitative estimate of drug-likeness (QED) is 0.726. The zero-order chi connectivity index (χ0) is 17.8. The van der Waals surface area contributed by atoms with E-state index in [0.29, 0.717) is 5.32 Å². The Morgan fingerprint density at radius 2 is 1.68 bits per heavy atom. The van der Waals surface area contributed by atoms with Crippen LogP contribution in [0.4, 0.5) is 4.79 Å². The summed E-state index contributed by atoms with van der Waals surface area (Å²) in [6.45, 7) is 0.184. The van der Waals surface area contributed by atoms with E-state index in [2.05, 4.69) is 17.4 Å². The molecule has 25 heavy (non-hydrogen) atoms. The second-order valence-corrected chi connectivity index (χ2v) is 7.73. The molecular weight excluding hydrogens is 385 g/mol. The van der Waals surface area contributed by atoms with Crippen LogP contribution in [-0.2, 0) is 9.53 Å². The molecule has 0 spiro atoms. The van der Waals surface area contributed by atoms with Gasteiger partial charge in [0.05, 0.1) is 0 Å². The number of rotatable bonds is 6. The fraction of sp³-hybridized carbons (Fsp3) is 0.263. The Labute approximate surface area is 152 Å². The zero-order valence-corrected chi connectivity index (χ0v) is 15.5. The van der Waals surface area contributed by atoms with Gasteiger partial charge in [-0.25, -0.2) is 0 Å². The monoisotopic (exact) mass is 405 g/mol. The molecule has 1 aliphatic carbocycles. The van der Waals surface area contributed by atoms with Gasteiger partial charge in [0, 0.05) is 0 Å². The molecule has 1 aliphatic rings. The number of nitrogens with one attached hydrogen (secondary N) is 1. The Morgan fingerprint density at radius 1 is 1.12 bits per heavy atom. The van der Waals surface area contributed by atoms with Crippen LogP contribution in [0.1, 0.15) is 17.0 Å². The Morgan fingerprint density at radius 3 is 2.20 bits per heavy atom. The number of carboxylic acids is 1. The number of alkyl carbamates (subject to hydrolysis) is 1. The summed E-state index contributed by atoms with van der Waals surface area (Å²) in [5.41, 5.74) is 4.57. The third-order valence-electron chi connectivity index (χ3n) is 4.27. The minimum absolute atomic E-state index is 0.0307. The van der Waals surface area contributed by atoms with Crippen molar-refractivity contribution < 1.29 is 19.4 Å². The molecule has 5 nitrogen and oxygen atoms in total. The molecule has 0 saturated heterocycles. The van der Waals surface area contributed by atoms with Gasteiger partial charge in [-0.15, -0.1) is 0 Å². The van der Waals surface area contributed by atoms with Gasteiger partial charge in [-0.05, 0) is 0 Å². The van der Waals surface area contributed by atoms with Crippen LogP contribution in [0.5, 0.6) is 0 Å². The summed E-state index contributed by atoms with van der Waals surface area (Å²) in [6.07, 6.45) is -0.682. The molecule has 6 heteroatoms. The van der Waals surface area contributed by atoms with Crippen molar-refractivity contribution in [2.45, 2.75) is 23.1 Å². The molecule has 1 atom stereocenters. The minimum atomic E-state index is -1.03. The maximum atomic E-state index is 12.0. The number of carbonyl (C=O) groups excluding carboxylic acids is 1. The third kappa shape index (κ3) is 3.70. The average molecular weight is 404 g/mol. The van der Waals surface area contributed by atoms with Crippen molar-refractivity contribution in [3.05, 3.63) is 59.7 Å². The Bertz CT molecular complexity index is 747. The van der Waals surface area contributed by atoms with E-state index in [0.717, 1.165) is 22.3 Å². The Balaban J connectivity index is 1.71. The fourth-order valence-electron chi connectivity index (χ4n) is 3.12. The Kier molecular flexibility index (Phi) is 5.41. The molecule has 3 rings (SSSR count). The van der Waals surface area contributed by atoms with Crippen LogP contribution in [0.3, 0.4) is 0 Å². The van der Waals surface area contributed by atoms with Crippen molar-refractivity contribution in [1.82, 2.24) is 5.32 Å². The van der Waals surface area contributed by atoms with Gasteiger partial charge < -0.3 is 0 Å². The summed E-state index contributed by atoms with van der Waals surface area (Å²) in [5, 5.41) is 12.0. The standard InChI is InChI=1S/C19H19NO4Se/c1-25-11-17(18(21)22)20-19(23)24-10-16-14-8-4-2-6-12(14)13-7-3-5-9-15(13)16/h2-9,16-17H,10-11H2,1H3,(H,20,23)(H,21,22)/t17-/m0/s1. The molecule has 0 heterocycles. The van der Waals surface area contributed by atoms with Crippen LogP contribution in [0.15, 0.2) is 48.5 Å². The number of fused-ring (bicyclic) bond motifs is 3. The third-order valence-corrected chi connectivity index (χ3v) is 5.67. The van der Waals surface area contributed by atoms with Crippen molar-refractivity contribution in [3.8, 4) is 11.1 Å². The van der Waals surface area contributed by atoms with Gasteiger partial charge in [-0.2, -0.15) is 0 Å². The SMILES string of the molecule is C[Se]C[C@H](NC(=O)OCC1c2ccccc2-c2ccccc21)C(=O)O. The first-order chi connectivity index (χ1) is 12.1. The van der Waals surface area contributed by atoms with Crippen molar-refractivity contribution in [3.63, 3.8) is 0 Å². The number of amides is 1. The predicted octanol–water partition coefficient (Wildman–Crippen LogP) is 3.15. The van der Waals surface area contributed by atoms with Gasteiger partial charge in [-0.1, -0.05) is 0 Å². The number of hydrogen-bond acceptors (Lipinski definition) is 3. The van der Waals surface area contributed by atoms with Crippen LogP contribution in [0.25, 0.3) is 11.1 Å². The van der Waals surface area contributed by atoms with Crippen molar-refractivity contribution in [2.24, 2.45) is 0 Å². The fourth-order valence-corrected chi connectivity index (χ4v) is 4.30. The van der Waals surface area contributed by atoms with E-state index in [-0.39, 0.29) is 27.5 Å². The first-order valence-electron chi connectivity index (χ1n) is 7.95. The first-order valence-corrected chi connectivity index (χ1v) is 10.9. The molecule has 2 N–H and O–H groups in total. The second kappa shape index (κ2) is 7.72. The topological polar surface area (TPSA) is 75.6 Å². The molecule has 130 valence electrons. The molecule has 2 aromatic rings. The van der Waals surface area contributed by atoms with Crippen LogP contribution >= 0.6 is 0 Å². The predicted molar refractivity (Wildman–Crippen MR) is 96.1 cm³/mol. The van der Waals surface area contributed by atoms with Crippen LogP contribution < -0.4 is 5.32 Å². The van der Waals surface area contributed by atoms with Gasteiger partial charge >= 0.3 is 152 Å². The first kappa shape index (κ1) is 17.5. The van der Waals surface area contributed by atoms with Gasteiger partial charge in [-0.3, -0.25) is 0 Å². The summed E-state index contributed by atoms with van der Waals surface area (Å²) < 4.78 is 5.36. The number of hydrogen-bond donors (Lipinski definition) is 2. The van der Waals surface area contributed by atoms with Gasteiger partial charge in [0.1, 0.15) is 0 Å². The molecule has 0 fully saturated rings. The molecule has 0 bridgehead atoms. The summed E-state index contributed by atoms with van der Waals surface area (Å²) in [6, 6.07) is 15.3. The number of aliphatic carboxylic acids is 1. The summed E-state index contributed by atoms with van der Waals surface area (Å²) in [4.78, 5) is 23.2. The van der Waals surface area contributed by atoms with Crippen LogP contribution in [-0.4, -0.2) is 44.8 Å². The maximum absolute atomic E-state index is 12.0. The summed E-state index contributed by atoms with van der Waals surface area (Å²) in [5.74, 6) is 0.872. The van der Waals surface area contributed by atoms with E-state index in [1.165, 1.54) is 0 Å². The van der Waals surface area contributed by atoms with Crippen molar-refractivity contribution in [2.75, 3.05) is 6.61 Å². The molecule has 1 amide bonds.